The normalized spacial score (nSPS) is 19.7. The van der Waals surface area contributed by atoms with Crippen LogP contribution in [-0.4, -0.2) is 48.0 Å². The van der Waals surface area contributed by atoms with E-state index >= 15 is 0 Å². The van der Waals surface area contributed by atoms with Gasteiger partial charge in [0.15, 0.2) is 5.82 Å². The quantitative estimate of drug-likeness (QED) is 0.918. The van der Waals surface area contributed by atoms with Crippen molar-refractivity contribution < 1.29 is 13.2 Å². The van der Waals surface area contributed by atoms with E-state index in [1.165, 1.54) is 0 Å². The Morgan fingerprint density at radius 2 is 2.24 bits per heavy atom. The van der Waals surface area contributed by atoms with Gasteiger partial charge in [-0.3, -0.25) is 10.00 Å². The zero-order valence-corrected chi connectivity index (χ0v) is 11.3. The second-order valence-corrected chi connectivity index (χ2v) is 5.25. The van der Waals surface area contributed by atoms with Crippen LogP contribution < -0.4 is 0 Å². The van der Waals surface area contributed by atoms with Gasteiger partial charge in [-0.25, -0.2) is 4.68 Å². The fraction of sp³-hybridized carbons (Fsp3) is 0.636. The maximum absolute atomic E-state index is 12.5. The minimum absolute atomic E-state index is 0.214. The summed E-state index contributed by atoms with van der Waals surface area (Å²) in [5, 5.41) is 17.4. The molecule has 10 heteroatoms. The van der Waals surface area contributed by atoms with Gasteiger partial charge in [-0.15, -0.1) is 5.10 Å². The number of hydrogen-bond donors (Lipinski definition) is 1. The first-order valence-corrected chi connectivity index (χ1v) is 6.48. The Morgan fingerprint density at radius 1 is 1.43 bits per heavy atom. The van der Waals surface area contributed by atoms with Crippen molar-refractivity contribution in [1.29, 1.82) is 0 Å². The molecule has 3 heterocycles. The van der Waals surface area contributed by atoms with Crippen molar-refractivity contribution >= 4 is 0 Å². The van der Waals surface area contributed by atoms with E-state index in [0.717, 1.165) is 15.9 Å². The van der Waals surface area contributed by atoms with Gasteiger partial charge in [0.2, 0.25) is 0 Å². The molecule has 0 aromatic carbocycles. The highest BCUT2D eigenvalue weighted by Crippen LogP contribution is 2.26. The number of hydrogen-bond acceptors (Lipinski definition) is 5. The molecule has 2 aromatic heterocycles. The van der Waals surface area contributed by atoms with E-state index in [0.29, 0.717) is 13.1 Å². The zero-order valence-electron chi connectivity index (χ0n) is 11.3. The average molecular weight is 301 g/mol. The Labute approximate surface area is 118 Å². The molecule has 0 saturated heterocycles. The van der Waals surface area contributed by atoms with E-state index in [1.807, 2.05) is 11.8 Å². The number of aromatic nitrogens is 6. The van der Waals surface area contributed by atoms with Crippen LogP contribution in [0.2, 0.25) is 0 Å². The lowest BCUT2D eigenvalue weighted by atomic mass is 9.98. The predicted molar refractivity (Wildman–Crippen MR) is 65.0 cm³/mol. The van der Waals surface area contributed by atoms with Crippen LogP contribution in [0.1, 0.15) is 29.9 Å². The van der Waals surface area contributed by atoms with E-state index in [-0.39, 0.29) is 18.3 Å². The summed E-state index contributed by atoms with van der Waals surface area (Å²) in [5.74, 6) is 0.453. The Kier molecular flexibility index (Phi) is 3.40. The van der Waals surface area contributed by atoms with Crippen LogP contribution in [0.5, 0.6) is 0 Å². The Hall–Kier alpha value is -1.97. The second-order valence-electron chi connectivity index (χ2n) is 5.25. The minimum Gasteiger partial charge on any atom is -0.291 e. The number of alkyl halides is 3. The molecule has 1 N–H and O–H groups in total. The van der Waals surface area contributed by atoms with Gasteiger partial charge in [-0.05, 0) is 10.4 Å². The number of aromatic amines is 1. The monoisotopic (exact) mass is 301 g/mol. The van der Waals surface area contributed by atoms with Crippen LogP contribution in [0.25, 0.3) is 0 Å². The lowest BCUT2D eigenvalue weighted by Gasteiger charge is -2.29. The smallest absolute Gasteiger partial charge is 0.291 e. The van der Waals surface area contributed by atoms with Crippen LogP contribution in [0.3, 0.4) is 0 Å². The molecule has 114 valence electrons. The highest BCUT2D eigenvalue weighted by molar-refractivity contribution is 5.23. The Balaban J connectivity index is 1.72. The van der Waals surface area contributed by atoms with E-state index in [4.69, 9.17) is 0 Å². The number of halogens is 3. The molecule has 0 radical (unpaired) electrons. The Bertz CT molecular complexity index is 617. The van der Waals surface area contributed by atoms with Crippen LogP contribution >= 0.6 is 0 Å². The summed E-state index contributed by atoms with van der Waals surface area (Å²) in [6.45, 7) is 2.48. The molecule has 1 aliphatic rings. The second kappa shape index (κ2) is 5.10. The number of tetrazole rings is 1. The highest BCUT2D eigenvalue weighted by atomic mass is 19.4. The molecule has 3 rings (SSSR count). The SMILES string of the molecule is CC1CN(Cc2nnnn2CC(F)(F)F)Cc2cn[nH]c21. The van der Waals surface area contributed by atoms with Crippen molar-refractivity contribution in [1.82, 2.24) is 35.3 Å². The Morgan fingerprint density at radius 3 is 3.00 bits per heavy atom. The summed E-state index contributed by atoms with van der Waals surface area (Å²) in [5.41, 5.74) is 2.14. The third-order valence-electron chi connectivity index (χ3n) is 3.47. The number of rotatable bonds is 3. The molecule has 21 heavy (non-hydrogen) atoms. The fourth-order valence-electron chi connectivity index (χ4n) is 2.61. The van der Waals surface area contributed by atoms with Crippen molar-refractivity contribution in [2.45, 2.75) is 38.7 Å². The summed E-state index contributed by atoms with van der Waals surface area (Å²) >= 11 is 0. The van der Waals surface area contributed by atoms with Crippen LogP contribution in [0, 0.1) is 0 Å². The first kappa shape index (κ1) is 14.0. The van der Waals surface area contributed by atoms with Gasteiger partial charge in [0, 0.05) is 30.3 Å². The number of nitrogens with zero attached hydrogens (tertiary/aromatic N) is 6. The van der Waals surface area contributed by atoms with Crippen molar-refractivity contribution in [3.8, 4) is 0 Å². The predicted octanol–water partition coefficient (Wildman–Crippen LogP) is 1.08. The van der Waals surface area contributed by atoms with Crippen LogP contribution in [0.4, 0.5) is 13.2 Å². The molecule has 1 atom stereocenters. The van der Waals surface area contributed by atoms with E-state index < -0.39 is 12.7 Å². The van der Waals surface area contributed by atoms with E-state index in [1.54, 1.807) is 6.20 Å². The van der Waals surface area contributed by atoms with Crippen molar-refractivity contribution in [2.24, 2.45) is 0 Å². The molecular weight excluding hydrogens is 287 g/mol. The van der Waals surface area contributed by atoms with Crippen LogP contribution in [0.15, 0.2) is 6.20 Å². The standard InChI is InChI=1S/C11H14F3N7/c1-7-3-20(4-8-2-15-17-10(7)8)5-9-16-18-19-21(9)6-11(12,13)14/h2,7H,3-6H2,1H3,(H,15,17). The van der Waals surface area contributed by atoms with Crippen molar-refractivity contribution in [3.05, 3.63) is 23.3 Å². The van der Waals surface area contributed by atoms with Gasteiger partial charge in [0.25, 0.3) is 0 Å². The number of nitrogens with one attached hydrogen (secondary N) is 1. The third kappa shape index (κ3) is 3.04. The summed E-state index contributed by atoms with van der Waals surface area (Å²) in [6.07, 6.45) is -2.59. The topological polar surface area (TPSA) is 75.5 Å². The van der Waals surface area contributed by atoms with Crippen molar-refractivity contribution in [2.75, 3.05) is 6.54 Å². The number of fused-ring (bicyclic) bond motifs is 1. The van der Waals surface area contributed by atoms with Gasteiger partial charge in [0.1, 0.15) is 6.54 Å². The molecule has 7 nitrogen and oxygen atoms in total. The molecule has 0 fully saturated rings. The lowest BCUT2D eigenvalue weighted by molar-refractivity contribution is -0.143. The average Bonchev–Trinajstić information content (AvgIpc) is 2.97. The molecule has 0 bridgehead atoms. The summed E-state index contributed by atoms with van der Waals surface area (Å²) in [4.78, 5) is 2.01. The minimum atomic E-state index is -4.34. The van der Waals surface area contributed by atoms with Gasteiger partial charge >= 0.3 is 6.18 Å². The maximum atomic E-state index is 12.5. The molecule has 2 aromatic rings. The lowest BCUT2D eigenvalue weighted by Crippen LogP contribution is -2.33. The zero-order chi connectivity index (χ0) is 15.0. The highest BCUT2D eigenvalue weighted by Gasteiger charge is 2.31. The van der Waals surface area contributed by atoms with Gasteiger partial charge in [0.05, 0.1) is 12.7 Å². The fourth-order valence-corrected chi connectivity index (χ4v) is 2.61. The molecule has 0 saturated carbocycles. The third-order valence-corrected chi connectivity index (χ3v) is 3.47. The summed E-state index contributed by atoms with van der Waals surface area (Å²) < 4.78 is 38.2. The summed E-state index contributed by atoms with van der Waals surface area (Å²) in [7, 11) is 0. The largest absolute Gasteiger partial charge is 0.408 e. The molecule has 0 aliphatic carbocycles. The molecule has 1 unspecified atom stereocenters. The van der Waals surface area contributed by atoms with E-state index in [2.05, 4.69) is 25.7 Å². The van der Waals surface area contributed by atoms with Crippen LogP contribution in [-0.2, 0) is 19.6 Å². The van der Waals surface area contributed by atoms with Gasteiger partial charge in [-0.2, -0.15) is 18.3 Å². The molecular formula is C11H14F3N7. The van der Waals surface area contributed by atoms with Gasteiger partial charge in [-0.1, -0.05) is 6.92 Å². The van der Waals surface area contributed by atoms with Gasteiger partial charge < -0.3 is 0 Å². The van der Waals surface area contributed by atoms with Crippen molar-refractivity contribution in [3.63, 3.8) is 0 Å². The molecule has 0 spiro atoms. The summed E-state index contributed by atoms with van der Waals surface area (Å²) in [6, 6.07) is 0. The number of H-pyrrole nitrogens is 1. The molecule has 0 amide bonds. The first-order chi connectivity index (χ1) is 9.92. The maximum Gasteiger partial charge on any atom is 0.408 e. The molecule has 1 aliphatic heterocycles. The van der Waals surface area contributed by atoms with E-state index in [9.17, 15) is 13.2 Å². The first-order valence-electron chi connectivity index (χ1n) is 6.48.